The third-order valence-electron chi connectivity index (χ3n) is 4.12. The number of rotatable bonds is 2. The van der Waals surface area contributed by atoms with Gasteiger partial charge in [0.2, 0.25) is 0 Å². The van der Waals surface area contributed by atoms with Gasteiger partial charge in [0.15, 0.2) is 0 Å². The van der Waals surface area contributed by atoms with Gasteiger partial charge in [0, 0.05) is 19.1 Å². The predicted octanol–water partition coefficient (Wildman–Crippen LogP) is 2.57. The van der Waals surface area contributed by atoms with Crippen molar-refractivity contribution in [2.75, 3.05) is 25.1 Å². The first-order valence-corrected chi connectivity index (χ1v) is 6.59. The molecular weight excluding hydrogens is 224 g/mol. The number of piperidine rings is 1. The van der Waals surface area contributed by atoms with Gasteiger partial charge >= 0.3 is 0 Å². The van der Waals surface area contributed by atoms with E-state index in [1.165, 1.54) is 11.3 Å². The molecular formula is C15H24N2O. The molecule has 0 spiro atoms. The van der Waals surface area contributed by atoms with Crippen LogP contribution in [0.1, 0.15) is 25.8 Å². The number of ether oxygens (including phenoxy) is 1. The Morgan fingerprint density at radius 1 is 1.39 bits per heavy atom. The molecule has 1 atom stereocenters. The van der Waals surface area contributed by atoms with E-state index in [4.69, 9.17) is 10.5 Å². The molecule has 3 nitrogen and oxygen atoms in total. The molecule has 1 heterocycles. The Balaban J connectivity index is 2.25. The van der Waals surface area contributed by atoms with Crippen molar-refractivity contribution in [2.45, 2.75) is 33.2 Å². The second-order valence-corrected chi connectivity index (χ2v) is 5.97. The summed E-state index contributed by atoms with van der Waals surface area (Å²) in [5, 5.41) is 0. The maximum absolute atomic E-state index is 6.29. The second-order valence-electron chi connectivity index (χ2n) is 5.97. The van der Waals surface area contributed by atoms with Gasteiger partial charge in [0.1, 0.15) is 5.75 Å². The van der Waals surface area contributed by atoms with Crippen LogP contribution in [0.5, 0.6) is 5.75 Å². The van der Waals surface area contributed by atoms with E-state index in [0.717, 1.165) is 25.3 Å². The highest BCUT2D eigenvalue weighted by Crippen LogP contribution is 2.35. The highest BCUT2D eigenvalue weighted by molar-refractivity contribution is 5.60. The second kappa shape index (κ2) is 4.81. The minimum atomic E-state index is 0.205. The summed E-state index contributed by atoms with van der Waals surface area (Å²) in [6.45, 7) is 8.55. The molecule has 0 amide bonds. The van der Waals surface area contributed by atoms with Gasteiger partial charge in [-0.2, -0.15) is 0 Å². The molecule has 3 heteroatoms. The van der Waals surface area contributed by atoms with Gasteiger partial charge in [0.25, 0.3) is 0 Å². The minimum absolute atomic E-state index is 0.205. The van der Waals surface area contributed by atoms with Crippen LogP contribution in [-0.2, 0) is 0 Å². The molecule has 1 aromatic carbocycles. The number of aryl methyl sites for hydroxylation is 1. The zero-order valence-corrected chi connectivity index (χ0v) is 11.9. The lowest BCUT2D eigenvalue weighted by Crippen LogP contribution is -2.53. The van der Waals surface area contributed by atoms with Crippen LogP contribution >= 0.6 is 0 Å². The van der Waals surface area contributed by atoms with Crippen LogP contribution in [0.4, 0.5) is 5.69 Å². The first kappa shape index (κ1) is 13.2. The smallest absolute Gasteiger partial charge is 0.142 e. The van der Waals surface area contributed by atoms with Crippen molar-refractivity contribution in [1.82, 2.24) is 0 Å². The first-order valence-electron chi connectivity index (χ1n) is 6.59. The quantitative estimate of drug-likeness (QED) is 0.874. The molecule has 0 aromatic heterocycles. The molecule has 1 aliphatic heterocycles. The monoisotopic (exact) mass is 248 g/mol. The molecule has 1 unspecified atom stereocenters. The lowest BCUT2D eigenvalue weighted by molar-refractivity contribution is 0.235. The molecule has 2 N–H and O–H groups in total. The Morgan fingerprint density at radius 2 is 2.11 bits per heavy atom. The summed E-state index contributed by atoms with van der Waals surface area (Å²) < 4.78 is 5.46. The fourth-order valence-corrected chi connectivity index (χ4v) is 2.45. The van der Waals surface area contributed by atoms with Gasteiger partial charge < -0.3 is 15.4 Å². The Hall–Kier alpha value is -1.22. The minimum Gasteiger partial charge on any atom is -0.495 e. The molecule has 0 bridgehead atoms. The molecule has 1 aliphatic rings. The van der Waals surface area contributed by atoms with Crippen molar-refractivity contribution >= 4 is 5.69 Å². The van der Waals surface area contributed by atoms with Crippen molar-refractivity contribution in [3.63, 3.8) is 0 Å². The van der Waals surface area contributed by atoms with Gasteiger partial charge in [-0.3, -0.25) is 0 Å². The SMILES string of the molecule is COc1ccc(C)cc1N1CCC(C)(C)C(N)C1. The zero-order valence-electron chi connectivity index (χ0n) is 11.9. The lowest BCUT2D eigenvalue weighted by atomic mass is 9.78. The standard InChI is InChI=1S/C15H24N2O/c1-11-5-6-13(18-4)12(9-11)17-8-7-15(2,3)14(16)10-17/h5-6,9,14H,7-8,10,16H2,1-4H3. The van der Waals surface area contributed by atoms with Crippen LogP contribution in [0.2, 0.25) is 0 Å². The number of nitrogens with two attached hydrogens (primary N) is 1. The number of methoxy groups -OCH3 is 1. The van der Waals surface area contributed by atoms with E-state index in [-0.39, 0.29) is 11.5 Å². The van der Waals surface area contributed by atoms with Crippen molar-refractivity contribution < 1.29 is 4.74 Å². The summed E-state index contributed by atoms with van der Waals surface area (Å²) in [5.41, 5.74) is 8.94. The van der Waals surface area contributed by atoms with E-state index in [2.05, 4.69) is 37.8 Å². The molecule has 0 saturated carbocycles. The van der Waals surface area contributed by atoms with Crippen LogP contribution in [-0.4, -0.2) is 26.2 Å². The van der Waals surface area contributed by atoms with Gasteiger partial charge in [-0.15, -0.1) is 0 Å². The fraction of sp³-hybridized carbons (Fsp3) is 0.600. The molecule has 0 radical (unpaired) electrons. The summed E-state index contributed by atoms with van der Waals surface area (Å²) in [6, 6.07) is 6.51. The van der Waals surface area contributed by atoms with Gasteiger partial charge in [-0.25, -0.2) is 0 Å². The van der Waals surface area contributed by atoms with Crippen molar-refractivity contribution in [3.8, 4) is 5.75 Å². The van der Waals surface area contributed by atoms with Crippen molar-refractivity contribution in [2.24, 2.45) is 11.1 Å². The third kappa shape index (κ3) is 2.46. The van der Waals surface area contributed by atoms with E-state index >= 15 is 0 Å². The van der Waals surface area contributed by atoms with Gasteiger partial charge in [-0.1, -0.05) is 19.9 Å². The Bertz CT molecular complexity index is 429. The van der Waals surface area contributed by atoms with Crippen molar-refractivity contribution in [1.29, 1.82) is 0 Å². The lowest BCUT2D eigenvalue weighted by Gasteiger charge is -2.43. The van der Waals surface area contributed by atoms with E-state index in [1.807, 2.05) is 6.07 Å². The van der Waals surface area contributed by atoms with Crippen molar-refractivity contribution in [3.05, 3.63) is 23.8 Å². The molecule has 1 fully saturated rings. The normalized spacial score (nSPS) is 22.9. The topological polar surface area (TPSA) is 38.5 Å². The molecule has 2 rings (SSSR count). The van der Waals surface area contributed by atoms with E-state index < -0.39 is 0 Å². The Kier molecular flexibility index (Phi) is 3.53. The predicted molar refractivity (Wildman–Crippen MR) is 76.3 cm³/mol. The highest BCUT2D eigenvalue weighted by atomic mass is 16.5. The maximum atomic E-state index is 6.29. The molecule has 100 valence electrons. The molecule has 18 heavy (non-hydrogen) atoms. The average Bonchev–Trinajstić information content (AvgIpc) is 2.33. The number of nitrogens with zero attached hydrogens (tertiary/aromatic N) is 1. The zero-order chi connectivity index (χ0) is 13.3. The summed E-state index contributed by atoms with van der Waals surface area (Å²) in [5.74, 6) is 0.938. The van der Waals surface area contributed by atoms with Crippen LogP contribution in [0, 0.1) is 12.3 Å². The van der Waals surface area contributed by atoms with Crippen LogP contribution < -0.4 is 15.4 Å². The summed E-state index contributed by atoms with van der Waals surface area (Å²) in [7, 11) is 1.72. The maximum Gasteiger partial charge on any atom is 0.142 e. The van der Waals surface area contributed by atoms with Crippen LogP contribution in [0.15, 0.2) is 18.2 Å². The number of hydrogen-bond acceptors (Lipinski definition) is 3. The average molecular weight is 248 g/mol. The molecule has 0 aliphatic carbocycles. The molecule has 1 aromatic rings. The van der Waals surface area contributed by atoms with Crippen LogP contribution in [0.25, 0.3) is 0 Å². The van der Waals surface area contributed by atoms with E-state index in [0.29, 0.717) is 0 Å². The highest BCUT2D eigenvalue weighted by Gasteiger charge is 2.33. The molecule has 1 saturated heterocycles. The number of anilines is 1. The third-order valence-corrected chi connectivity index (χ3v) is 4.12. The van der Waals surface area contributed by atoms with Gasteiger partial charge in [-0.05, 0) is 36.5 Å². The van der Waals surface area contributed by atoms with E-state index in [1.54, 1.807) is 7.11 Å². The Labute approximate surface area is 110 Å². The first-order chi connectivity index (χ1) is 8.44. The number of hydrogen-bond donors (Lipinski definition) is 1. The fourth-order valence-electron chi connectivity index (χ4n) is 2.45. The Morgan fingerprint density at radius 3 is 2.72 bits per heavy atom. The van der Waals surface area contributed by atoms with Crippen LogP contribution in [0.3, 0.4) is 0 Å². The largest absolute Gasteiger partial charge is 0.495 e. The van der Waals surface area contributed by atoms with Gasteiger partial charge in [0.05, 0.1) is 12.8 Å². The summed E-state index contributed by atoms with van der Waals surface area (Å²) in [6.07, 6.45) is 1.12. The van der Waals surface area contributed by atoms with E-state index in [9.17, 15) is 0 Å². The summed E-state index contributed by atoms with van der Waals surface area (Å²) in [4.78, 5) is 2.35. The number of benzene rings is 1. The summed E-state index contributed by atoms with van der Waals surface area (Å²) >= 11 is 0.